The highest BCUT2D eigenvalue weighted by Crippen LogP contribution is 2.15. The van der Waals surface area contributed by atoms with Crippen molar-refractivity contribution >= 4 is 36.3 Å². The zero-order valence-electron chi connectivity index (χ0n) is 14.0. The molecule has 0 rings (SSSR count). The molecule has 144 valence electrons. The number of ketones is 1. The van der Waals surface area contributed by atoms with E-state index in [1.807, 2.05) is 0 Å². The molecular formula is C15H27N3O6S. The van der Waals surface area contributed by atoms with Crippen molar-refractivity contribution in [2.75, 3.05) is 12.3 Å². The van der Waals surface area contributed by atoms with Gasteiger partial charge in [-0.05, 0) is 25.8 Å². The lowest BCUT2D eigenvalue weighted by Gasteiger charge is -2.18. The lowest BCUT2D eigenvalue weighted by molar-refractivity contribution is -0.144. The zero-order chi connectivity index (χ0) is 19.4. The Morgan fingerprint density at radius 2 is 1.68 bits per heavy atom. The molecule has 0 aromatic heterocycles. The summed E-state index contributed by atoms with van der Waals surface area (Å²) in [7, 11) is 0. The maximum Gasteiger partial charge on any atom is 0.320 e. The Hall–Kier alpha value is -1.65. The number of hydrogen-bond acceptors (Lipinski definition) is 7. The molecule has 0 saturated carbocycles. The zero-order valence-corrected chi connectivity index (χ0v) is 14.9. The van der Waals surface area contributed by atoms with Crippen LogP contribution in [0.3, 0.4) is 0 Å². The van der Waals surface area contributed by atoms with Gasteiger partial charge < -0.3 is 27.0 Å². The van der Waals surface area contributed by atoms with Gasteiger partial charge in [-0.3, -0.25) is 19.2 Å². The molecule has 10 heteroatoms. The molecule has 25 heavy (non-hydrogen) atoms. The Bertz CT molecular complexity index is 474. The SMILES string of the molecule is NCCCCC(CC(=O)C(CS)NC(=O)CCC(N)C(=O)O)C(=O)O. The normalized spacial score (nSPS) is 14.4. The van der Waals surface area contributed by atoms with Crippen molar-refractivity contribution in [2.24, 2.45) is 17.4 Å². The highest BCUT2D eigenvalue weighted by Gasteiger charge is 2.26. The number of Topliss-reactive ketones (excluding diaryl/α,β-unsaturated/α-hetero) is 1. The first-order valence-corrected chi connectivity index (χ1v) is 8.70. The molecule has 0 aromatic carbocycles. The van der Waals surface area contributed by atoms with Crippen LogP contribution < -0.4 is 16.8 Å². The minimum atomic E-state index is -1.21. The lowest BCUT2D eigenvalue weighted by atomic mass is 9.94. The molecule has 0 heterocycles. The number of aliphatic carboxylic acids is 2. The van der Waals surface area contributed by atoms with Gasteiger partial charge in [0.1, 0.15) is 6.04 Å². The van der Waals surface area contributed by atoms with Crippen LogP contribution in [0, 0.1) is 5.92 Å². The smallest absolute Gasteiger partial charge is 0.320 e. The van der Waals surface area contributed by atoms with Crippen LogP contribution in [0.1, 0.15) is 38.5 Å². The van der Waals surface area contributed by atoms with E-state index in [9.17, 15) is 24.3 Å². The topological polar surface area (TPSA) is 173 Å². The molecule has 0 spiro atoms. The van der Waals surface area contributed by atoms with Gasteiger partial charge in [0, 0.05) is 18.6 Å². The fourth-order valence-corrected chi connectivity index (χ4v) is 2.43. The van der Waals surface area contributed by atoms with Crippen LogP contribution in [-0.2, 0) is 19.2 Å². The van der Waals surface area contributed by atoms with E-state index in [2.05, 4.69) is 17.9 Å². The van der Waals surface area contributed by atoms with Gasteiger partial charge in [0.2, 0.25) is 5.91 Å². The number of nitrogens with two attached hydrogens (primary N) is 2. The van der Waals surface area contributed by atoms with Crippen LogP contribution in [0.2, 0.25) is 0 Å². The second kappa shape index (κ2) is 12.7. The van der Waals surface area contributed by atoms with E-state index in [0.29, 0.717) is 25.8 Å². The minimum Gasteiger partial charge on any atom is -0.481 e. The molecule has 0 saturated heterocycles. The Balaban J connectivity index is 4.54. The average Bonchev–Trinajstić information content (AvgIpc) is 2.56. The Labute approximate surface area is 151 Å². The predicted octanol–water partition coefficient (Wildman–Crippen LogP) is -0.618. The van der Waals surface area contributed by atoms with Crippen molar-refractivity contribution in [2.45, 2.75) is 50.6 Å². The van der Waals surface area contributed by atoms with Crippen LogP contribution in [0.25, 0.3) is 0 Å². The number of thiol groups is 1. The molecule has 3 atom stereocenters. The number of carboxylic acids is 2. The average molecular weight is 377 g/mol. The first kappa shape index (κ1) is 23.4. The predicted molar refractivity (Wildman–Crippen MR) is 94.3 cm³/mol. The van der Waals surface area contributed by atoms with Gasteiger partial charge in [-0.2, -0.15) is 12.6 Å². The van der Waals surface area contributed by atoms with Gasteiger partial charge in [-0.25, -0.2) is 0 Å². The number of carboxylic acid groups (broad SMARTS) is 2. The molecule has 0 aliphatic rings. The molecule has 3 unspecified atom stereocenters. The van der Waals surface area contributed by atoms with E-state index in [1.54, 1.807) is 0 Å². The lowest BCUT2D eigenvalue weighted by Crippen LogP contribution is -2.44. The summed E-state index contributed by atoms with van der Waals surface area (Å²) in [6, 6.07) is -2.08. The summed E-state index contributed by atoms with van der Waals surface area (Å²) in [6.45, 7) is 0.452. The Morgan fingerprint density at radius 1 is 1.04 bits per heavy atom. The second-order valence-electron chi connectivity index (χ2n) is 5.78. The molecule has 0 aliphatic heterocycles. The molecule has 0 fully saturated rings. The summed E-state index contributed by atoms with van der Waals surface area (Å²) in [6.07, 6.45) is 1.19. The van der Waals surface area contributed by atoms with Gasteiger partial charge in [-0.1, -0.05) is 6.42 Å². The van der Waals surface area contributed by atoms with Gasteiger partial charge in [0.15, 0.2) is 5.78 Å². The maximum atomic E-state index is 12.2. The largest absolute Gasteiger partial charge is 0.481 e. The molecule has 7 N–H and O–H groups in total. The van der Waals surface area contributed by atoms with Crippen LogP contribution in [0.15, 0.2) is 0 Å². The van der Waals surface area contributed by atoms with Crippen molar-refractivity contribution in [3.63, 3.8) is 0 Å². The second-order valence-corrected chi connectivity index (χ2v) is 6.14. The third-order valence-corrected chi connectivity index (χ3v) is 4.07. The number of hydrogen-bond donors (Lipinski definition) is 6. The van der Waals surface area contributed by atoms with Gasteiger partial charge in [0.25, 0.3) is 0 Å². The number of nitrogens with one attached hydrogen (secondary N) is 1. The standard InChI is InChI=1S/C15H27N3O6S/c16-6-2-1-3-9(14(21)22)7-12(19)11(8-25)18-13(20)5-4-10(17)15(23)24/h9-11,25H,1-8,16-17H2,(H,18,20)(H,21,22)(H,23,24). The van der Waals surface area contributed by atoms with Crippen molar-refractivity contribution in [3.8, 4) is 0 Å². The molecular weight excluding hydrogens is 350 g/mol. The van der Waals surface area contributed by atoms with Crippen molar-refractivity contribution in [3.05, 3.63) is 0 Å². The first-order chi connectivity index (χ1) is 11.7. The fourth-order valence-electron chi connectivity index (χ4n) is 2.14. The van der Waals surface area contributed by atoms with E-state index in [-0.39, 0.29) is 25.0 Å². The van der Waals surface area contributed by atoms with Crippen LogP contribution in [-0.4, -0.2) is 58.2 Å². The molecule has 0 bridgehead atoms. The molecule has 9 nitrogen and oxygen atoms in total. The number of unbranched alkanes of at least 4 members (excludes halogenated alkanes) is 1. The first-order valence-electron chi connectivity index (χ1n) is 8.07. The van der Waals surface area contributed by atoms with Crippen molar-refractivity contribution in [1.29, 1.82) is 0 Å². The van der Waals surface area contributed by atoms with E-state index < -0.39 is 41.6 Å². The summed E-state index contributed by atoms with van der Waals surface area (Å²) in [5.41, 5.74) is 10.7. The van der Waals surface area contributed by atoms with Crippen molar-refractivity contribution in [1.82, 2.24) is 5.32 Å². The van der Waals surface area contributed by atoms with Gasteiger partial charge in [-0.15, -0.1) is 0 Å². The summed E-state index contributed by atoms with van der Waals surface area (Å²) < 4.78 is 0. The molecule has 0 aliphatic carbocycles. The molecule has 0 aromatic rings. The summed E-state index contributed by atoms with van der Waals surface area (Å²) in [5, 5.41) is 20.3. The molecule has 1 amide bonds. The van der Waals surface area contributed by atoms with E-state index >= 15 is 0 Å². The highest BCUT2D eigenvalue weighted by molar-refractivity contribution is 7.80. The number of carbonyl (C=O) groups is 4. The van der Waals surface area contributed by atoms with Crippen LogP contribution in [0.5, 0.6) is 0 Å². The van der Waals surface area contributed by atoms with E-state index in [0.717, 1.165) is 0 Å². The van der Waals surface area contributed by atoms with Crippen molar-refractivity contribution < 1.29 is 29.4 Å². The molecule has 0 radical (unpaired) electrons. The Kier molecular flexibility index (Phi) is 11.8. The summed E-state index contributed by atoms with van der Waals surface area (Å²) >= 11 is 4.01. The fraction of sp³-hybridized carbons (Fsp3) is 0.733. The third-order valence-electron chi connectivity index (χ3n) is 3.71. The van der Waals surface area contributed by atoms with Gasteiger partial charge in [0.05, 0.1) is 12.0 Å². The van der Waals surface area contributed by atoms with Crippen LogP contribution >= 0.6 is 12.6 Å². The third kappa shape index (κ3) is 10.0. The van der Waals surface area contributed by atoms with E-state index in [1.165, 1.54) is 0 Å². The number of carbonyl (C=O) groups excluding carboxylic acids is 2. The summed E-state index contributed by atoms with van der Waals surface area (Å²) in [4.78, 5) is 45.9. The minimum absolute atomic E-state index is 0.0185. The quantitative estimate of drug-likeness (QED) is 0.172. The van der Waals surface area contributed by atoms with Gasteiger partial charge >= 0.3 is 11.9 Å². The van der Waals surface area contributed by atoms with E-state index in [4.69, 9.17) is 16.6 Å². The van der Waals surface area contributed by atoms with Crippen LogP contribution in [0.4, 0.5) is 0 Å². The highest BCUT2D eigenvalue weighted by atomic mass is 32.1. The number of amides is 1. The maximum absolute atomic E-state index is 12.2. The summed E-state index contributed by atoms with van der Waals surface area (Å²) in [5.74, 6) is -4.05. The Morgan fingerprint density at radius 3 is 2.16 bits per heavy atom. The monoisotopic (exact) mass is 377 g/mol. The number of rotatable bonds is 14.